The summed E-state index contributed by atoms with van der Waals surface area (Å²) in [5.74, 6) is 0.200. The minimum absolute atomic E-state index is 0.124. The van der Waals surface area contributed by atoms with E-state index >= 15 is 0 Å². The molecule has 0 spiro atoms. The third-order valence-electron chi connectivity index (χ3n) is 3.91. The van der Waals surface area contributed by atoms with Gasteiger partial charge in [-0.25, -0.2) is 9.67 Å². The Morgan fingerprint density at radius 1 is 1.12 bits per heavy atom. The zero-order valence-corrected chi connectivity index (χ0v) is 14.7. The van der Waals surface area contributed by atoms with Crippen molar-refractivity contribution in [1.29, 1.82) is 0 Å². The average Bonchev–Trinajstić information content (AvgIpc) is 3.13. The van der Waals surface area contributed by atoms with E-state index in [0.29, 0.717) is 25.5 Å². The highest BCUT2D eigenvalue weighted by Crippen LogP contribution is 2.07. The van der Waals surface area contributed by atoms with Crippen LogP contribution in [0.25, 0.3) is 0 Å². The topological polar surface area (TPSA) is 77.6 Å². The molecule has 0 saturated carbocycles. The minimum atomic E-state index is -0.124. The second-order valence-corrected chi connectivity index (χ2v) is 6.20. The number of nitrogens with zero attached hydrogens (tertiary/aromatic N) is 5. The maximum atomic E-state index is 12.1. The zero-order chi connectivity index (χ0) is 17.8. The first-order valence-corrected chi connectivity index (χ1v) is 8.25. The van der Waals surface area contributed by atoms with Gasteiger partial charge in [0.05, 0.1) is 12.2 Å². The van der Waals surface area contributed by atoms with E-state index in [1.807, 2.05) is 24.6 Å². The molecular formula is C18H22N6O. The van der Waals surface area contributed by atoms with E-state index < -0.39 is 0 Å². The van der Waals surface area contributed by atoms with Gasteiger partial charge in [0.25, 0.3) is 0 Å². The minimum Gasteiger partial charge on any atom is -0.293 e. The van der Waals surface area contributed by atoms with Gasteiger partial charge >= 0.3 is 0 Å². The van der Waals surface area contributed by atoms with Crippen molar-refractivity contribution in [2.45, 2.75) is 40.3 Å². The second-order valence-electron chi connectivity index (χ2n) is 6.20. The standard InChI is InChI=1S/C18H22N6O/c1-13-4-6-16(7-5-13)11-23-12-19-18(22-23)20-17(25)8-9-24-15(3)10-14(2)21-24/h4-7,10,12H,8-9,11H2,1-3H3,(H,20,22,25). The third kappa shape index (κ3) is 4.53. The van der Waals surface area contributed by atoms with Crippen molar-refractivity contribution in [2.24, 2.45) is 0 Å². The van der Waals surface area contributed by atoms with E-state index in [0.717, 1.165) is 17.0 Å². The Morgan fingerprint density at radius 2 is 1.88 bits per heavy atom. The first-order valence-electron chi connectivity index (χ1n) is 8.25. The highest BCUT2D eigenvalue weighted by Gasteiger charge is 2.09. The SMILES string of the molecule is Cc1ccc(Cn2cnc(NC(=O)CCn3nc(C)cc3C)n2)cc1. The number of aryl methyl sites for hydroxylation is 4. The molecule has 7 nitrogen and oxygen atoms in total. The van der Waals surface area contributed by atoms with Crippen LogP contribution in [0.4, 0.5) is 5.95 Å². The number of amides is 1. The van der Waals surface area contributed by atoms with Gasteiger partial charge < -0.3 is 0 Å². The van der Waals surface area contributed by atoms with Crippen LogP contribution in [0.15, 0.2) is 36.7 Å². The molecule has 3 aromatic rings. The third-order valence-corrected chi connectivity index (χ3v) is 3.91. The van der Waals surface area contributed by atoms with Crippen LogP contribution in [0.5, 0.6) is 0 Å². The van der Waals surface area contributed by atoms with Crippen molar-refractivity contribution in [2.75, 3.05) is 5.32 Å². The number of hydrogen-bond donors (Lipinski definition) is 1. The average molecular weight is 338 g/mol. The molecule has 3 rings (SSSR count). The summed E-state index contributed by atoms with van der Waals surface area (Å²) in [5, 5.41) is 11.4. The Bertz CT molecular complexity index is 862. The number of rotatable bonds is 6. The molecule has 0 aliphatic rings. The number of nitrogens with one attached hydrogen (secondary N) is 1. The number of aromatic nitrogens is 5. The molecule has 25 heavy (non-hydrogen) atoms. The number of anilines is 1. The molecule has 0 saturated heterocycles. The molecule has 1 amide bonds. The van der Waals surface area contributed by atoms with E-state index in [1.165, 1.54) is 5.56 Å². The van der Waals surface area contributed by atoms with E-state index in [1.54, 1.807) is 11.0 Å². The lowest BCUT2D eigenvalue weighted by molar-refractivity contribution is -0.116. The fourth-order valence-electron chi connectivity index (χ4n) is 2.60. The van der Waals surface area contributed by atoms with Crippen LogP contribution in [0.2, 0.25) is 0 Å². The van der Waals surface area contributed by atoms with Crippen molar-refractivity contribution >= 4 is 11.9 Å². The van der Waals surface area contributed by atoms with Gasteiger partial charge in [-0.05, 0) is 32.4 Å². The van der Waals surface area contributed by atoms with Gasteiger partial charge in [0.15, 0.2) is 0 Å². The van der Waals surface area contributed by atoms with E-state index in [-0.39, 0.29) is 5.91 Å². The second kappa shape index (κ2) is 7.29. The molecule has 1 aromatic carbocycles. The Kier molecular flexibility index (Phi) is 4.92. The number of carbonyl (C=O) groups excluding carboxylic acids is 1. The van der Waals surface area contributed by atoms with Crippen molar-refractivity contribution < 1.29 is 4.79 Å². The Morgan fingerprint density at radius 3 is 2.56 bits per heavy atom. The molecule has 0 aliphatic heterocycles. The molecule has 130 valence electrons. The zero-order valence-electron chi connectivity index (χ0n) is 14.7. The molecule has 2 heterocycles. The summed E-state index contributed by atoms with van der Waals surface area (Å²) in [5.41, 5.74) is 4.36. The fraction of sp³-hybridized carbons (Fsp3) is 0.333. The van der Waals surface area contributed by atoms with Crippen LogP contribution in [-0.4, -0.2) is 30.5 Å². The first kappa shape index (κ1) is 16.9. The monoisotopic (exact) mass is 338 g/mol. The smallest absolute Gasteiger partial charge is 0.248 e. The van der Waals surface area contributed by atoms with E-state index in [9.17, 15) is 4.79 Å². The van der Waals surface area contributed by atoms with Gasteiger partial charge in [0, 0.05) is 18.7 Å². The van der Waals surface area contributed by atoms with E-state index in [4.69, 9.17) is 0 Å². The molecular weight excluding hydrogens is 316 g/mol. The van der Waals surface area contributed by atoms with Gasteiger partial charge in [0.2, 0.25) is 11.9 Å². The van der Waals surface area contributed by atoms with E-state index in [2.05, 4.69) is 51.7 Å². The van der Waals surface area contributed by atoms with Crippen LogP contribution >= 0.6 is 0 Å². The number of hydrogen-bond acceptors (Lipinski definition) is 4. The summed E-state index contributed by atoms with van der Waals surface area (Å²) >= 11 is 0. The molecule has 1 N–H and O–H groups in total. The molecule has 0 bridgehead atoms. The summed E-state index contributed by atoms with van der Waals surface area (Å²) in [6, 6.07) is 10.2. The summed E-state index contributed by atoms with van der Waals surface area (Å²) < 4.78 is 3.54. The van der Waals surface area contributed by atoms with Gasteiger partial charge in [-0.15, -0.1) is 5.10 Å². The highest BCUT2D eigenvalue weighted by atomic mass is 16.1. The Labute approximate surface area is 146 Å². The predicted octanol–water partition coefficient (Wildman–Crippen LogP) is 2.48. The van der Waals surface area contributed by atoms with Crippen LogP contribution in [0.3, 0.4) is 0 Å². The number of carbonyl (C=O) groups is 1. The molecule has 0 radical (unpaired) electrons. The highest BCUT2D eigenvalue weighted by molar-refractivity contribution is 5.88. The fourth-order valence-corrected chi connectivity index (χ4v) is 2.60. The van der Waals surface area contributed by atoms with Gasteiger partial charge in [-0.1, -0.05) is 29.8 Å². The predicted molar refractivity (Wildman–Crippen MR) is 95.3 cm³/mol. The molecule has 2 aromatic heterocycles. The van der Waals surface area contributed by atoms with Crippen molar-refractivity contribution in [3.05, 3.63) is 59.2 Å². The van der Waals surface area contributed by atoms with Gasteiger partial charge in [-0.3, -0.25) is 14.8 Å². The Hall–Kier alpha value is -2.96. The molecule has 7 heteroatoms. The maximum Gasteiger partial charge on any atom is 0.248 e. The summed E-state index contributed by atoms with van der Waals surface area (Å²) in [6.45, 7) is 7.13. The summed E-state index contributed by atoms with van der Waals surface area (Å²) in [4.78, 5) is 16.2. The summed E-state index contributed by atoms with van der Waals surface area (Å²) in [7, 11) is 0. The van der Waals surface area contributed by atoms with Crippen molar-refractivity contribution in [1.82, 2.24) is 24.5 Å². The van der Waals surface area contributed by atoms with Crippen LogP contribution < -0.4 is 5.32 Å². The number of benzene rings is 1. The molecule has 0 fully saturated rings. The van der Waals surface area contributed by atoms with Crippen molar-refractivity contribution in [3.63, 3.8) is 0 Å². The lowest BCUT2D eigenvalue weighted by atomic mass is 10.1. The Balaban J connectivity index is 1.53. The van der Waals surface area contributed by atoms with Gasteiger partial charge in [0.1, 0.15) is 6.33 Å². The van der Waals surface area contributed by atoms with Crippen LogP contribution in [0.1, 0.15) is 28.9 Å². The first-order chi connectivity index (χ1) is 12.0. The lowest BCUT2D eigenvalue weighted by Crippen LogP contribution is -2.16. The summed E-state index contributed by atoms with van der Waals surface area (Å²) in [6.07, 6.45) is 1.95. The maximum absolute atomic E-state index is 12.1. The quantitative estimate of drug-likeness (QED) is 0.749. The lowest BCUT2D eigenvalue weighted by Gasteiger charge is -2.04. The van der Waals surface area contributed by atoms with Crippen LogP contribution in [0, 0.1) is 20.8 Å². The molecule has 0 unspecified atom stereocenters. The van der Waals surface area contributed by atoms with Crippen LogP contribution in [-0.2, 0) is 17.9 Å². The normalized spacial score (nSPS) is 10.8. The van der Waals surface area contributed by atoms with Gasteiger partial charge in [-0.2, -0.15) is 5.10 Å². The van der Waals surface area contributed by atoms with Crippen molar-refractivity contribution in [3.8, 4) is 0 Å². The molecule has 0 atom stereocenters. The largest absolute Gasteiger partial charge is 0.293 e. The molecule has 0 aliphatic carbocycles.